The van der Waals surface area contributed by atoms with Crippen molar-refractivity contribution in [1.29, 1.82) is 0 Å². The molecule has 168 valence electrons. The quantitative estimate of drug-likeness (QED) is 0.273. The molecular weight excluding hydrogens is 438 g/mol. The summed E-state index contributed by atoms with van der Waals surface area (Å²) in [5.41, 5.74) is 0.454. The molecule has 3 aromatic rings. The lowest BCUT2D eigenvalue weighted by molar-refractivity contribution is -0.137. The van der Waals surface area contributed by atoms with E-state index in [-0.39, 0.29) is 12.0 Å². The van der Waals surface area contributed by atoms with Crippen LogP contribution >= 0.6 is 7.92 Å². The number of hydrogen-bond donors (Lipinski definition) is 0. The van der Waals surface area contributed by atoms with E-state index in [1.165, 1.54) is 28.1 Å². The van der Waals surface area contributed by atoms with Crippen molar-refractivity contribution in [1.82, 2.24) is 0 Å². The minimum Gasteiger partial charge on any atom is -0.285 e. The molecule has 1 nitrogen and oxygen atoms in total. The van der Waals surface area contributed by atoms with Gasteiger partial charge in [0.1, 0.15) is 0 Å². The number of allylic oxidation sites excluding steroid dienone is 2. The first-order valence-corrected chi connectivity index (χ1v) is 12.2. The summed E-state index contributed by atoms with van der Waals surface area (Å²) in [5, 5.41) is 3.84. The average Bonchev–Trinajstić information content (AvgIpc) is 3.30. The van der Waals surface area contributed by atoms with Crippen LogP contribution in [-0.2, 0) is 6.18 Å². The molecule has 0 aromatic heterocycles. The number of aliphatic imine (C=N–C) groups is 1. The summed E-state index contributed by atoms with van der Waals surface area (Å²) in [5.74, 6) is 0.0808. The van der Waals surface area contributed by atoms with Crippen LogP contribution in [0.5, 0.6) is 0 Å². The first-order valence-electron chi connectivity index (χ1n) is 10.9. The SMILES string of the molecule is CC(=N[C@H](C)C1C=CC=C1P(c1ccccc1)c1ccccc1)c1cccc(C(F)(F)F)c1. The summed E-state index contributed by atoms with van der Waals surface area (Å²) in [4.78, 5) is 4.84. The van der Waals surface area contributed by atoms with Crippen molar-refractivity contribution in [2.75, 3.05) is 0 Å². The predicted molar refractivity (Wildman–Crippen MR) is 133 cm³/mol. The van der Waals surface area contributed by atoms with Crippen LogP contribution in [0.1, 0.15) is 25.0 Å². The van der Waals surface area contributed by atoms with Gasteiger partial charge in [-0.1, -0.05) is 91.0 Å². The Balaban J connectivity index is 1.65. The first kappa shape index (κ1) is 23.2. The summed E-state index contributed by atoms with van der Waals surface area (Å²) < 4.78 is 39.4. The summed E-state index contributed by atoms with van der Waals surface area (Å²) in [6.07, 6.45) is 2.05. The second-order valence-corrected chi connectivity index (χ2v) is 10.3. The van der Waals surface area contributed by atoms with Gasteiger partial charge in [-0.2, -0.15) is 13.2 Å². The van der Waals surface area contributed by atoms with Gasteiger partial charge < -0.3 is 0 Å². The molecule has 0 heterocycles. The zero-order valence-corrected chi connectivity index (χ0v) is 19.4. The van der Waals surface area contributed by atoms with E-state index in [0.717, 1.165) is 6.07 Å². The van der Waals surface area contributed by atoms with Crippen LogP contribution in [0.4, 0.5) is 13.2 Å². The molecule has 4 rings (SSSR count). The lowest BCUT2D eigenvalue weighted by Gasteiger charge is -2.27. The molecule has 0 radical (unpaired) electrons. The minimum absolute atomic E-state index is 0.0808. The van der Waals surface area contributed by atoms with Gasteiger partial charge in [0.15, 0.2) is 0 Å². The number of hydrogen-bond acceptors (Lipinski definition) is 1. The number of benzene rings is 3. The molecule has 3 aromatic carbocycles. The van der Waals surface area contributed by atoms with Crippen molar-refractivity contribution in [3.05, 3.63) is 120 Å². The van der Waals surface area contributed by atoms with Crippen molar-refractivity contribution >= 4 is 24.2 Å². The maximum absolute atomic E-state index is 13.1. The van der Waals surface area contributed by atoms with E-state index in [2.05, 4.69) is 66.8 Å². The molecule has 0 aliphatic heterocycles. The van der Waals surface area contributed by atoms with E-state index in [4.69, 9.17) is 4.99 Å². The van der Waals surface area contributed by atoms with Crippen LogP contribution in [0.15, 0.2) is 113 Å². The standard InChI is InChI=1S/C28H25F3NP/c1-20(22-11-9-12-23(19-22)28(29,30)31)32-21(2)26-17-10-18-27(26)33(24-13-5-3-6-14-24)25-15-7-4-8-16-25/h3-19,21,26H,1-2H3/t21-,26?/m1/s1. The van der Waals surface area contributed by atoms with Gasteiger partial charge in [-0.15, -0.1) is 0 Å². The topological polar surface area (TPSA) is 12.4 Å². The molecule has 0 amide bonds. The summed E-state index contributed by atoms with van der Waals surface area (Å²) in [6, 6.07) is 26.2. The smallest absolute Gasteiger partial charge is 0.285 e. The molecule has 1 unspecified atom stereocenters. The molecule has 0 fully saturated rings. The van der Waals surface area contributed by atoms with Crippen LogP contribution in [0.3, 0.4) is 0 Å². The van der Waals surface area contributed by atoms with E-state index >= 15 is 0 Å². The fourth-order valence-electron chi connectivity index (χ4n) is 4.10. The molecule has 33 heavy (non-hydrogen) atoms. The maximum atomic E-state index is 13.1. The van der Waals surface area contributed by atoms with Gasteiger partial charge in [0.25, 0.3) is 0 Å². The first-order chi connectivity index (χ1) is 15.8. The predicted octanol–water partition coefficient (Wildman–Crippen LogP) is 7.11. The average molecular weight is 463 g/mol. The van der Waals surface area contributed by atoms with Gasteiger partial charge >= 0.3 is 6.18 Å². The molecule has 1 aliphatic carbocycles. The third-order valence-corrected chi connectivity index (χ3v) is 8.33. The fraction of sp³-hybridized carbons (Fsp3) is 0.179. The Bertz CT molecular complexity index is 1140. The van der Waals surface area contributed by atoms with E-state index in [9.17, 15) is 13.2 Å². The highest BCUT2D eigenvalue weighted by Crippen LogP contribution is 2.50. The monoisotopic (exact) mass is 463 g/mol. The Kier molecular flexibility index (Phi) is 6.95. The third-order valence-electron chi connectivity index (χ3n) is 5.74. The highest BCUT2D eigenvalue weighted by atomic mass is 31.1. The largest absolute Gasteiger partial charge is 0.416 e. The van der Waals surface area contributed by atoms with Crippen LogP contribution < -0.4 is 10.6 Å². The number of nitrogens with zero attached hydrogens (tertiary/aromatic N) is 1. The minimum atomic E-state index is -4.37. The van der Waals surface area contributed by atoms with Crippen LogP contribution in [-0.4, -0.2) is 11.8 Å². The van der Waals surface area contributed by atoms with E-state index in [0.29, 0.717) is 11.3 Å². The molecule has 0 saturated heterocycles. The molecular formula is C28H25F3NP. The van der Waals surface area contributed by atoms with Crippen molar-refractivity contribution in [3.8, 4) is 0 Å². The van der Waals surface area contributed by atoms with E-state index in [1.807, 2.05) is 19.1 Å². The third kappa shape index (κ3) is 5.34. The molecule has 0 saturated carbocycles. The van der Waals surface area contributed by atoms with Gasteiger partial charge in [0.2, 0.25) is 0 Å². The molecule has 0 N–H and O–H groups in total. The summed E-state index contributed by atoms with van der Waals surface area (Å²) in [6.45, 7) is 3.82. The molecule has 0 bridgehead atoms. The highest BCUT2D eigenvalue weighted by molar-refractivity contribution is 7.76. The molecule has 5 heteroatoms. The normalized spacial score (nSPS) is 17.3. The Hall–Kier alpha value is -2.97. The van der Waals surface area contributed by atoms with Crippen molar-refractivity contribution in [3.63, 3.8) is 0 Å². The van der Waals surface area contributed by atoms with Crippen LogP contribution in [0, 0.1) is 5.92 Å². The van der Waals surface area contributed by atoms with Crippen LogP contribution in [0.25, 0.3) is 0 Å². The number of alkyl halides is 3. The van der Waals surface area contributed by atoms with Crippen LogP contribution in [0.2, 0.25) is 0 Å². The van der Waals surface area contributed by atoms with Gasteiger partial charge in [-0.3, -0.25) is 4.99 Å². The second-order valence-electron chi connectivity index (χ2n) is 8.04. The van der Waals surface area contributed by atoms with Crippen molar-refractivity contribution < 1.29 is 13.2 Å². The summed E-state index contributed by atoms with van der Waals surface area (Å²) in [7, 11) is -0.743. The maximum Gasteiger partial charge on any atom is 0.416 e. The lowest BCUT2D eigenvalue weighted by atomic mass is 10.0. The van der Waals surface area contributed by atoms with Gasteiger partial charge in [-0.25, -0.2) is 0 Å². The Morgan fingerprint density at radius 3 is 2.06 bits per heavy atom. The Morgan fingerprint density at radius 2 is 1.48 bits per heavy atom. The lowest BCUT2D eigenvalue weighted by Crippen LogP contribution is -2.21. The van der Waals surface area contributed by atoms with Gasteiger partial charge in [0, 0.05) is 11.6 Å². The zero-order chi connectivity index (χ0) is 23.4. The Labute approximate surface area is 194 Å². The Morgan fingerprint density at radius 1 is 0.879 bits per heavy atom. The molecule has 0 spiro atoms. The summed E-state index contributed by atoms with van der Waals surface area (Å²) >= 11 is 0. The zero-order valence-electron chi connectivity index (χ0n) is 18.5. The second kappa shape index (κ2) is 9.89. The van der Waals surface area contributed by atoms with Crippen molar-refractivity contribution in [2.24, 2.45) is 10.9 Å². The molecule has 2 atom stereocenters. The van der Waals surface area contributed by atoms with Gasteiger partial charge in [-0.05, 0) is 55.4 Å². The van der Waals surface area contributed by atoms with Crippen molar-refractivity contribution in [2.45, 2.75) is 26.1 Å². The van der Waals surface area contributed by atoms with E-state index < -0.39 is 19.7 Å². The van der Waals surface area contributed by atoms with Gasteiger partial charge in [0.05, 0.1) is 11.6 Å². The molecule has 1 aliphatic rings. The number of halogens is 3. The number of rotatable bonds is 6. The van der Waals surface area contributed by atoms with E-state index in [1.54, 1.807) is 13.0 Å². The highest BCUT2D eigenvalue weighted by Gasteiger charge is 2.31. The fourth-order valence-corrected chi connectivity index (χ4v) is 6.77.